The number of aryl methyl sites for hydroxylation is 1. The van der Waals surface area contributed by atoms with E-state index in [0.717, 1.165) is 23.8 Å². The Hall–Kier alpha value is -0.280. The maximum atomic E-state index is 6.12. The molecule has 0 spiro atoms. The lowest BCUT2D eigenvalue weighted by molar-refractivity contribution is 0.649. The largest absolute Gasteiger partial charge is 0.227 e. The summed E-state index contributed by atoms with van der Waals surface area (Å²) in [6.45, 7) is 2.10. The number of hydrogen-bond acceptors (Lipinski definition) is 3. The zero-order chi connectivity index (χ0) is 9.97. The van der Waals surface area contributed by atoms with E-state index in [-0.39, 0.29) is 0 Å². The average Bonchev–Trinajstić information content (AvgIpc) is 2.18. The fourth-order valence-corrected chi connectivity index (χ4v) is 2.64. The van der Waals surface area contributed by atoms with Crippen LogP contribution in [0, 0.1) is 0 Å². The van der Waals surface area contributed by atoms with Crippen molar-refractivity contribution < 1.29 is 0 Å². The van der Waals surface area contributed by atoms with Crippen LogP contribution in [0.3, 0.4) is 0 Å². The molecule has 1 aromatic heterocycles. The van der Waals surface area contributed by atoms with Crippen LogP contribution in [0.1, 0.15) is 31.0 Å². The lowest BCUT2D eigenvalue weighted by atomic mass is 9.98. The van der Waals surface area contributed by atoms with E-state index in [1.54, 1.807) is 11.8 Å². The van der Waals surface area contributed by atoms with E-state index in [1.165, 1.54) is 24.1 Å². The van der Waals surface area contributed by atoms with Crippen LogP contribution in [-0.2, 0) is 12.8 Å². The zero-order valence-corrected chi connectivity index (χ0v) is 9.79. The Morgan fingerprint density at radius 2 is 2.07 bits per heavy atom. The van der Waals surface area contributed by atoms with Crippen LogP contribution in [0.25, 0.3) is 0 Å². The lowest BCUT2D eigenvalue weighted by Crippen LogP contribution is -2.08. The molecule has 1 aliphatic carbocycles. The highest BCUT2D eigenvalue weighted by Gasteiger charge is 2.16. The van der Waals surface area contributed by atoms with E-state index < -0.39 is 0 Å². The predicted molar refractivity (Wildman–Crippen MR) is 60.1 cm³/mol. The minimum Gasteiger partial charge on any atom is -0.227 e. The Morgan fingerprint density at radius 1 is 1.29 bits per heavy atom. The summed E-state index contributed by atoms with van der Waals surface area (Å²) in [5.41, 5.74) is 2.35. The molecule has 0 fully saturated rings. The van der Waals surface area contributed by atoms with Crippen LogP contribution in [0.15, 0.2) is 5.16 Å². The number of nitrogens with zero attached hydrogens (tertiary/aromatic N) is 2. The molecule has 0 saturated carbocycles. The Morgan fingerprint density at radius 3 is 2.86 bits per heavy atom. The smallest absolute Gasteiger partial charge is 0.189 e. The lowest BCUT2D eigenvalue weighted by Gasteiger charge is -2.15. The molecule has 0 amide bonds. The van der Waals surface area contributed by atoms with Crippen molar-refractivity contribution in [3.8, 4) is 0 Å². The van der Waals surface area contributed by atoms with Crippen molar-refractivity contribution in [1.29, 1.82) is 0 Å². The van der Waals surface area contributed by atoms with E-state index in [4.69, 9.17) is 11.6 Å². The highest BCUT2D eigenvalue weighted by Crippen LogP contribution is 2.27. The number of hydrogen-bond donors (Lipinski definition) is 0. The molecule has 1 aliphatic rings. The minimum absolute atomic E-state index is 0.672. The molecule has 0 N–H and O–H groups in total. The third-order valence-electron chi connectivity index (χ3n) is 2.39. The average molecular weight is 229 g/mol. The molecule has 2 nitrogen and oxygen atoms in total. The second-order valence-corrected chi connectivity index (χ2v) is 4.95. The van der Waals surface area contributed by atoms with Crippen LogP contribution in [0.5, 0.6) is 0 Å². The van der Waals surface area contributed by atoms with Gasteiger partial charge in [-0.05, 0) is 31.4 Å². The maximum absolute atomic E-state index is 6.12. The van der Waals surface area contributed by atoms with Gasteiger partial charge in [0.15, 0.2) is 5.16 Å². The third kappa shape index (κ3) is 2.04. The van der Waals surface area contributed by atoms with Gasteiger partial charge in [0, 0.05) is 11.3 Å². The van der Waals surface area contributed by atoms with Crippen molar-refractivity contribution in [2.75, 3.05) is 5.75 Å². The molecule has 1 heterocycles. The molecule has 14 heavy (non-hydrogen) atoms. The van der Waals surface area contributed by atoms with Crippen molar-refractivity contribution in [2.24, 2.45) is 0 Å². The fourth-order valence-electron chi connectivity index (χ4n) is 1.72. The molecule has 0 saturated heterocycles. The quantitative estimate of drug-likeness (QED) is 0.442. The van der Waals surface area contributed by atoms with Gasteiger partial charge in [0.25, 0.3) is 0 Å². The molecule has 76 valence electrons. The van der Waals surface area contributed by atoms with Crippen LogP contribution >= 0.6 is 23.4 Å². The van der Waals surface area contributed by atoms with Gasteiger partial charge < -0.3 is 0 Å². The van der Waals surface area contributed by atoms with Gasteiger partial charge in [-0.1, -0.05) is 30.3 Å². The van der Waals surface area contributed by atoms with Gasteiger partial charge in [-0.2, -0.15) is 0 Å². The van der Waals surface area contributed by atoms with Crippen molar-refractivity contribution in [3.63, 3.8) is 0 Å². The highest BCUT2D eigenvalue weighted by molar-refractivity contribution is 7.99. The van der Waals surface area contributed by atoms with Gasteiger partial charge >= 0.3 is 0 Å². The van der Waals surface area contributed by atoms with Crippen molar-refractivity contribution in [2.45, 2.75) is 37.8 Å². The summed E-state index contributed by atoms with van der Waals surface area (Å²) in [5, 5.41) is 1.50. The molecule has 0 atom stereocenters. The van der Waals surface area contributed by atoms with Crippen molar-refractivity contribution in [1.82, 2.24) is 9.97 Å². The van der Waals surface area contributed by atoms with Gasteiger partial charge in [0.1, 0.15) is 5.15 Å². The van der Waals surface area contributed by atoms with Crippen LogP contribution in [0.4, 0.5) is 0 Å². The molecular weight excluding hydrogens is 216 g/mol. The first-order valence-corrected chi connectivity index (χ1v) is 6.35. The van der Waals surface area contributed by atoms with E-state index in [9.17, 15) is 0 Å². The molecule has 1 aromatic rings. The molecule has 0 radical (unpaired) electrons. The van der Waals surface area contributed by atoms with Gasteiger partial charge in [-0.25, -0.2) is 9.97 Å². The standard InChI is InChI=1S/C10H13ClN2S/c1-2-14-10-12-8-6-4-3-5-7(8)9(11)13-10/h2-6H2,1H3. The third-order valence-corrected chi connectivity index (χ3v) is 3.43. The highest BCUT2D eigenvalue weighted by atomic mass is 35.5. The number of halogens is 1. The maximum Gasteiger partial charge on any atom is 0.189 e. The number of fused-ring (bicyclic) bond motifs is 1. The second kappa shape index (κ2) is 4.49. The Bertz CT molecular complexity index is 341. The summed E-state index contributed by atoms with van der Waals surface area (Å²) < 4.78 is 0. The summed E-state index contributed by atoms with van der Waals surface area (Å²) >= 11 is 7.77. The first-order valence-electron chi connectivity index (χ1n) is 4.99. The Labute approximate surface area is 93.5 Å². The second-order valence-electron chi connectivity index (χ2n) is 3.36. The monoisotopic (exact) mass is 228 g/mol. The van der Waals surface area contributed by atoms with E-state index in [2.05, 4.69) is 16.9 Å². The summed E-state index contributed by atoms with van der Waals surface area (Å²) in [4.78, 5) is 8.82. The summed E-state index contributed by atoms with van der Waals surface area (Å²) in [6.07, 6.45) is 4.56. The summed E-state index contributed by atoms with van der Waals surface area (Å²) in [5.74, 6) is 0.995. The number of aromatic nitrogens is 2. The molecule has 0 bridgehead atoms. The Kier molecular flexibility index (Phi) is 3.29. The molecule has 0 aromatic carbocycles. The molecule has 4 heteroatoms. The zero-order valence-electron chi connectivity index (χ0n) is 8.22. The number of thioether (sulfide) groups is 1. The first kappa shape index (κ1) is 10.2. The first-order chi connectivity index (χ1) is 6.81. The van der Waals surface area contributed by atoms with Crippen molar-refractivity contribution >= 4 is 23.4 Å². The molecule has 0 aliphatic heterocycles. The van der Waals surface area contributed by atoms with Gasteiger partial charge in [-0.15, -0.1) is 0 Å². The molecular formula is C10H13ClN2S. The predicted octanol–water partition coefficient (Wildman–Crippen LogP) is 3.12. The topological polar surface area (TPSA) is 25.8 Å². The normalized spacial score (nSPS) is 15.3. The van der Waals surface area contributed by atoms with E-state index >= 15 is 0 Å². The van der Waals surface area contributed by atoms with Crippen LogP contribution in [-0.4, -0.2) is 15.7 Å². The van der Waals surface area contributed by atoms with E-state index in [0.29, 0.717) is 5.15 Å². The van der Waals surface area contributed by atoms with Crippen LogP contribution in [0.2, 0.25) is 5.15 Å². The van der Waals surface area contributed by atoms with E-state index in [1.807, 2.05) is 0 Å². The molecule has 2 rings (SSSR count). The number of rotatable bonds is 2. The summed E-state index contributed by atoms with van der Waals surface area (Å²) in [7, 11) is 0. The van der Waals surface area contributed by atoms with Gasteiger partial charge in [0.2, 0.25) is 0 Å². The van der Waals surface area contributed by atoms with Gasteiger partial charge in [-0.3, -0.25) is 0 Å². The van der Waals surface area contributed by atoms with Gasteiger partial charge in [0.05, 0.1) is 0 Å². The summed E-state index contributed by atoms with van der Waals surface area (Å²) in [6, 6.07) is 0. The Balaban J connectivity index is 2.36. The molecule has 0 unspecified atom stereocenters. The van der Waals surface area contributed by atoms with Crippen LogP contribution < -0.4 is 0 Å². The van der Waals surface area contributed by atoms with Crippen molar-refractivity contribution in [3.05, 3.63) is 16.4 Å². The minimum atomic E-state index is 0.672. The SMILES string of the molecule is CCSc1nc(Cl)c2c(n1)CCCC2. The fraction of sp³-hybridized carbons (Fsp3) is 0.600.